The second-order valence-corrected chi connectivity index (χ2v) is 5.24. The molecule has 4 nitrogen and oxygen atoms in total. The van der Waals surface area contributed by atoms with Crippen molar-refractivity contribution in [2.24, 2.45) is 5.41 Å². The number of carbonyl (C=O) groups excluding carboxylic acids is 1. The van der Waals surface area contributed by atoms with Crippen molar-refractivity contribution in [2.45, 2.75) is 41.0 Å². The van der Waals surface area contributed by atoms with Crippen LogP contribution in [0.25, 0.3) is 0 Å². The molecular weight excluding hydrogens is 216 g/mol. The molecule has 0 saturated carbocycles. The normalized spacial score (nSPS) is 11.4. The van der Waals surface area contributed by atoms with Gasteiger partial charge in [0.2, 0.25) is 0 Å². The van der Waals surface area contributed by atoms with Gasteiger partial charge in [0.15, 0.2) is 0 Å². The van der Waals surface area contributed by atoms with Gasteiger partial charge in [-0.2, -0.15) is 0 Å². The van der Waals surface area contributed by atoms with Crippen molar-refractivity contribution in [3.8, 4) is 0 Å². The molecule has 4 heteroatoms. The van der Waals surface area contributed by atoms with Crippen LogP contribution in [0.1, 0.15) is 49.6 Å². The van der Waals surface area contributed by atoms with Gasteiger partial charge in [-0.25, -0.2) is 14.8 Å². The SMILES string of the molecule is CCOC(=O)c1cnc(CC(C)(C)C)nc1C. The number of carbonyl (C=O) groups is 1. The van der Waals surface area contributed by atoms with Gasteiger partial charge in [0.25, 0.3) is 0 Å². The summed E-state index contributed by atoms with van der Waals surface area (Å²) < 4.78 is 4.93. The van der Waals surface area contributed by atoms with Crippen molar-refractivity contribution in [3.63, 3.8) is 0 Å². The average Bonchev–Trinajstić information content (AvgIpc) is 2.15. The number of esters is 1. The summed E-state index contributed by atoms with van der Waals surface area (Å²) in [6.07, 6.45) is 2.35. The number of aromatic nitrogens is 2. The van der Waals surface area contributed by atoms with Crippen molar-refractivity contribution in [1.29, 1.82) is 0 Å². The third-order valence-corrected chi connectivity index (χ3v) is 2.21. The second kappa shape index (κ2) is 5.25. The zero-order chi connectivity index (χ0) is 13.1. The van der Waals surface area contributed by atoms with Crippen LogP contribution in [-0.2, 0) is 11.2 Å². The molecule has 0 unspecified atom stereocenters. The third kappa shape index (κ3) is 4.13. The zero-order valence-corrected chi connectivity index (χ0v) is 11.2. The molecule has 0 N–H and O–H groups in total. The molecule has 1 rings (SSSR count). The van der Waals surface area contributed by atoms with Gasteiger partial charge in [-0.15, -0.1) is 0 Å². The van der Waals surface area contributed by atoms with Gasteiger partial charge in [-0.3, -0.25) is 0 Å². The molecule has 0 radical (unpaired) electrons. The van der Waals surface area contributed by atoms with E-state index in [1.54, 1.807) is 20.0 Å². The molecule has 0 atom stereocenters. The quantitative estimate of drug-likeness (QED) is 0.757. The molecule has 0 saturated heterocycles. The smallest absolute Gasteiger partial charge is 0.341 e. The number of hydrogen-bond acceptors (Lipinski definition) is 4. The molecule has 1 heterocycles. The van der Waals surface area contributed by atoms with Gasteiger partial charge in [-0.05, 0) is 19.3 Å². The van der Waals surface area contributed by atoms with Crippen LogP contribution < -0.4 is 0 Å². The largest absolute Gasteiger partial charge is 0.462 e. The standard InChI is InChI=1S/C13H20N2O2/c1-6-17-12(16)10-8-14-11(15-9(10)2)7-13(3,4)5/h8H,6-7H2,1-5H3. The fourth-order valence-electron chi connectivity index (χ4n) is 1.48. The number of aryl methyl sites for hydroxylation is 1. The fraction of sp³-hybridized carbons (Fsp3) is 0.615. The molecule has 0 bridgehead atoms. The maximum Gasteiger partial charge on any atom is 0.341 e. The van der Waals surface area contributed by atoms with E-state index in [4.69, 9.17) is 4.74 Å². The van der Waals surface area contributed by atoms with E-state index in [1.807, 2.05) is 0 Å². The van der Waals surface area contributed by atoms with E-state index in [-0.39, 0.29) is 11.4 Å². The maximum absolute atomic E-state index is 11.6. The van der Waals surface area contributed by atoms with E-state index >= 15 is 0 Å². The number of hydrogen-bond donors (Lipinski definition) is 0. The summed E-state index contributed by atoms with van der Waals surface area (Å²) in [7, 11) is 0. The van der Waals surface area contributed by atoms with E-state index in [0.717, 1.165) is 12.2 Å². The summed E-state index contributed by atoms with van der Waals surface area (Å²) in [4.78, 5) is 20.1. The van der Waals surface area contributed by atoms with Crippen LogP contribution in [0.5, 0.6) is 0 Å². The summed E-state index contributed by atoms with van der Waals surface area (Å²) in [5.74, 6) is 0.412. The summed E-state index contributed by atoms with van der Waals surface area (Å²) in [6, 6.07) is 0. The molecule has 1 aromatic heterocycles. The van der Waals surface area contributed by atoms with Crippen molar-refractivity contribution in [2.75, 3.05) is 6.61 Å². The summed E-state index contributed by atoms with van der Waals surface area (Å²) in [5.41, 5.74) is 1.26. The number of ether oxygens (including phenoxy) is 1. The topological polar surface area (TPSA) is 52.1 Å². The van der Waals surface area contributed by atoms with Crippen molar-refractivity contribution in [3.05, 3.63) is 23.3 Å². The van der Waals surface area contributed by atoms with E-state index in [0.29, 0.717) is 17.9 Å². The van der Waals surface area contributed by atoms with Crippen LogP contribution in [0.15, 0.2) is 6.20 Å². The van der Waals surface area contributed by atoms with Gasteiger partial charge in [0.05, 0.1) is 17.9 Å². The Morgan fingerprint density at radius 2 is 2.06 bits per heavy atom. The Bertz CT molecular complexity index is 408. The molecule has 0 aromatic carbocycles. The van der Waals surface area contributed by atoms with Gasteiger partial charge in [0.1, 0.15) is 5.82 Å². The minimum absolute atomic E-state index is 0.137. The summed E-state index contributed by atoms with van der Waals surface area (Å²) >= 11 is 0. The molecule has 94 valence electrons. The fourth-order valence-corrected chi connectivity index (χ4v) is 1.48. The lowest BCUT2D eigenvalue weighted by molar-refractivity contribution is 0.0524. The van der Waals surface area contributed by atoms with Gasteiger partial charge < -0.3 is 4.74 Å². The van der Waals surface area contributed by atoms with Crippen LogP contribution in [-0.4, -0.2) is 22.5 Å². The highest BCUT2D eigenvalue weighted by molar-refractivity contribution is 5.90. The van der Waals surface area contributed by atoms with Crippen molar-refractivity contribution < 1.29 is 9.53 Å². The van der Waals surface area contributed by atoms with Crippen LogP contribution >= 0.6 is 0 Å². The van der Waals surface area contributed by atoms with Gasteiger partial charge in [0, 0.05) is 12.6 Å². The van der Waals surface area contributed by atoms with E-state index in [2.05, 4.69) is 30.7 Å². The van der Waals surface area contributed by atoms with Crippen molar-refractivity contribution in [1.82, 2.24) is 9.97 Å². The maximum atomic E-state index is 11.6. The molecule has 0 aliphatic carbocycles. The first kappa shape index (κ1) is 13.6. The first-order valence-corrected chi connectivity index (χ1v) is 5.83. The van der Waals surface area contributed by atoms with E-state index < -0.39 is 0 Å². The van der Waals surface area contributed by atoms with Crippen molar-refractivity contribution >= 4 is 5.97 Å². The minimum Gasteiger partial charge on any atom is -0.462 e. The zero-order valence-electron chi connectivity index (χ0n) is 11.2. The number of nitrogens with zero attached hydrogens (tertiary/aromatic N) is 2. The highest BCUT2D eigenvalue weighted by Crippen LogP contribution is 2.18. The average molecular weight is 236 g/mol. The van der Waals surface area contributed by atoms with Crippen LogP contribution in [0.3, 0.4) is 0 Å². The van der Waals surface area contributed by atoms with Crippen LogP contribution in [0.2, 0.25) is 0 Å². The molecule has 0 fully saturated rings. The Kier molecular flexibility index (Phi) is 4.21. The highest BCUT2D eigenvalue weighted by Gasteiger charge is 2.16. The van der Waals surface area contributed by atoms with Gasteiger partial charge in [-0.1, -0.05) is 20.8 Å². The first-order valence-electron chi connectivity index (χ1n) is 5.83. The molecule has 0 aliphatic heterocycles. The monoisotopic (exact) mass is 236 g/mol. The summed E-state index contributed by atoms with van der Waals surface area (Å²) in [6.45, 7) is 10.3. The Morgan fingerprint density at radius 3 is 2.53 bits per heavy atom. The Morgan fingerprint density at radius 1 is 1.41 bits per heavy atom. The second-order valence-electron chi connectivity index (χ2n) is 5.24. The molecule has 0 spiro atoms. The molecule has 0 amide bonds. The van der Waals surface area contributed by atoms with Gasteiger partial charge >= 0.3 is 5.97 Å². The van der Waals surface area contributed by atoms with Crippen LogP contribution in [0, 0.1) is 12.3 Å². The minimum atomic E-state index is -0.354. The first-order chi connectivity index (χ1) is 7.83. The molecule has 0 aliphatic rings. The predicted molar refractivity (Wildman–Crippen MR) is 65.9 cm³/mol. The lowest BCUT2D eigenvalue weighted by Gasteiger charge is -2.17. The Hall–Kier alpha value is -1.45. The summed E-state index contributed by atoms with van der Waals surface area (Å²) in [5, 5.41) is 0. The highest BCUT2D eigenvalue weighted by atomic mass is 16.5. The third-order valence-electron chi connectivity index (χ3n) is 2.21. The molecular formula is C13H20N2O2. The molecule has 1 aromatic rings. The van der Waals surface area contributed by atoms with Crippen LogP contribution in [0.4, 0.5) is 0 Å². The number of rotatable bonds is 3. The lowest BCUT2D eigenvalue weighted by Crippen LogP contribution is -2.15. The predicted octanol–water partition coefficient (Wildman–Crippen LogP) is 2.55. The lowest BCUT2D eigenvalue weighted by atomic mass is 9.92. The Labute approximate surface area is 102 Å². The Balaban J connectivity index is 2.90. The van der Waals surface area contributed by atoms with E-state index in [1.165, 1.54) is 0 Å². The molecule has 17 heavy (non-hydrogen) atoms. The van der Waals surface area contributed by atoms with E-state index in [9.17, 15) is 4.79 Å².